The number of nitrogens with zero attached hydrogens (tertiary/aromatic N) is 2. The SMILES string of the molecule is CC(C)(C)c1ccc(-c2ncc3c(n2)CCCC3=O)cc1. The summed E-state index contributed by atoms with van der Waals surface area (Å²) in [6.45, 7) is 6.59. The highest BCUT2D eigenvalue weighted by Crippen LogP contribution is 2.26. The van der Waals surface area contributed by atoms with Gasteiger partial charge in [-0.2, -0.15) is 0 Å². The highest BCUT2D eigenvalue weighted by Gasteiger charge is 2.20. The average molecular weight is 280 g/mol. The van der Waals surface area contributed by atoms with Gasteiger partial charge in [-0.15, -0.1) is 0 Å². The number of aromatic nitrogens is 2. The molecule has 21 heavy (non-hydrogen) atoms. The molecule has 0 amide bonds. The highest BCUT2D eigenvalue weighted by molar-refractivity contribution is 5.97. The second kappa shape index (κ2) is 5.06. The van der Waals surface area contributed by atoms with Crippen LogP contribution in [0.3, 0.4) is 0 Å². The first-order chi connectivity index (χ1) is 9.95. The van der Waals surface area contributed by atoms with Crippen molar-refractivity contribution >= 4 is 5.78 Å². The molecular weight excluding hydrogens is 260 g/mol. The number of hydrogen-bond acceptors (Lipinski definition) is 3. The second-order valence-electron chi connectivity index (χ2n) is 6.66. The third-order valence-corrected chi connectivity index (χ3v) is 3.99. The van der Waals surface area contributed by atoms with Crippen LogP contribution in [0.2, 0.25) is 0 Å². The van der Waals surface area contributed by atoms with Crippen molar-refractivity contribution in [2.75, 3.05) is 0 Å². The van der Waals surface area contributed by atoms with E-state index in [1.807, 2.05) is 0 Å². The van der Waals surface area contributed by atoms with Crippen LogP contribution in [-0.4, -0.2) is 15.8 Å². The van der Waals surface area contributed by atoms with E-state index in [0.717, 1.165) is 24.1 Å². The maximum absolute atomic E-state index is 11.8. The van der Waals surface area contributed by atoms with E-state index in [4.69, 9.17) is 0 Å². The molecule has 1 aliphatic rings. The van der Waals surface area contributed by atoms with Crippen LogP contribution >= 0.6 is 0 Å². The van der Waals surface area contributed by atoms with Crippen LogP contribution in [0.4, 0.5) is 0 Å². The van der Waals surface area contributed by atoms with Gasteiger partial charge in [-0.3, -0.25) is 4.79 Å². The molecular formula is C18H20N2O. The Morgan fingerprint density at radius 3 is 2.43 bits per heavy atom. The lowest BCUT2D eigenvalue weighted by molar-refractivity contribution is 0.0971. The molecule has 0 fully saturated rings. The van der Waals surface area contributed by atoms with Crippen molar-refractivity contribution in [3.8, 4) is 11.4 Å². The number of carbonyl (C=O) groups is 1. The fourth-order valence-electron chi connectivity index (χ4n) is 2.65. The molecule has 0 N–H and O–H groups in total. The summed E-state index contributed by atoms with van der Waals surface area (Å²) < 4.78 is 0. The predicted octanol–water partition coefficient (Wildman–Crippen LogP) is 3.96. The van der Waals surface area contributed by atoms with Gasteiger partial charge in [-0.25, -0.2) is 9.97 Å². The van der Waals surface area contributed by atoms with E-state index in [9.17, 15) is 4.79 Å². The lowest BCUT2D eigenvalue weighted by atomic mass is 9.86. The number of carbonyl (C=O) groups excluding carboxylic acids is 1. The van der Waals surface area contributed by atoms with Gasteiger partial charge in [-0.1, -0.05) is 45.0 Å². The molecule has 0 saturated heterocycles. The maximum Gasteiger partial charge on any atom is 0.166 e. The van der Waals surface area contributed by atoms with Gasteiger partial charge in [-0.05, 0) is 23.8 Å². The van der Waals surface area contributed by atoms with Crippen molar-refractivity contribution in [1.82, 2.24) is 9.97 Å². The summed E-state index contributed by atoms with van der Waals surface area (Å²) in [5.74, 6) is 0.884. The van der Waals surface area contributed by atoms with E-state index >= 15 is 0 Å². The van der Waals surface area contributed by atoms with Gasteiger partial charge in [0, 0.05) is 18.2 Å². The van der Waals surface area contributed by atoms with E-state index in [1.54, 1.807) is 6.20 Å². The van der Waals surface area contributed by atoms with E-state index in [-0.39, 0.29) is 11.2 Å². The molecule has 108 valence electrons. The van der Waals surface area contributed by atoms with Crippen molar-refractivity contribution in [3.63, 3.8) is 0 Å². The summed E-state index contributed by atoms with van der Waals surface area (Å²) >= 11 is 0. The van der Waals surface area contributed by atoms with Gasteiger partial charge in [0.2, 0.25) is 0 Å². The van der Waals surface area contributed by atoms with E-state index in [0.29, 0.717) is 17.8 Å². The molecule has 0 bridgehead atoms. The molecule has 0 radical (unpaired) electrons. The Hall–Kier alpha value is -2.03. The van der Waals surface area contributed by atoms with Crippen molar-refractivity contribution in [2.24, 2.45) is 0 Å². The van der Waals surface area contributed by atoms with Crippen LogP contribution in [0, 0.1) is 0 Å². The summed E-state index contributed by atoms with van der Waals surface area (Å²) in [5.41, 5.74) is 4.04. The third kappa shape index (κ3) is 2.73. The first-order valence-electron chi connectivity index (χ1n) is 7.45. The minimum Gasteiger partial charge on any atom is -0.294 e. The Labute approximate surface area is 125 Å². The zero-order valence-corrected chi connectivity index (χ0v) is 12.8. The fourth-order valence-corrected chi connectivity index (χ4v) is 2.65. The Kier molecular flexibility index (Phi) is 3.36. The Balaban J connectivity index is 1.96. The van der Waals surface area contributed by atoms with E-state index in [2.05, 4.69) is 55.0 Å². The predicted molar refractivity (Wildman–Crippen MR) is 83.4 cm³/mol. The van der Waals surface area contributed by atoms with Crippen molar-refractivity contribution < 1.29 is 4.79 Å². The lowest BCUT2D eigenvalue weighted by Crippen LogP contribution is -2.14. The molecule has 3 rings (SSSR count). The number of aryl methyl sites for hydroxylation is 1. The van der Waals surface area contributed by atoms with Crippen LogP contribution < -0.4 is 0 Å². The van der Waals surface area contributed by atoms with E-state index in [1.165, 1.54) is 5.56 Å². The summed E-state index contributed by atoms with van der Waals surface area (Å²) in [6.07, 6.45) is 4.08. The molecule has 1 aromatic heterocycles. The molecule has 1 heterocycles. The van der Waals surface area contributed by atoms with Crippen molar-refractivity contribution in [1.29, 1.82) is 0 Å². The van der Waals surface area contributed by atoms with Gasteiger partial charge in [0.05, 0.1) is 11.3 Å². The molecule has 1 aromatic carbocycles. The van der Waals surface area contributed by atoms with Crippen LogP contribution in [0.1, 0.15) is 55.2 Å². The van der Waals surface area contributed by atoms with Crippen molar-refractivity contribution in [2.45, 2.75) is 45.4 Å². The Bertz CT molecular complexity index is 681. The number of rotatable bonds is 1. The molecule has 0 saturated carbocycles. The maximum atomic E-state index is 11.8. The number of fused-ring (bicyclic) bond motifs is 1. The first kappa shape index (κ1) is 13.9. The Morgan fingerprint density at radius 2 is 1.76 bits per heavy atom. The topological polar surface area (TPSA) is 42.9 Å². The normalized spacial score (nSPS) is 14.9. The molecule has 0 atom stereocenters. The van der Waals surface area contributed by atoms with Gasteiger partial charge in [0.25, 0.3) is 0 Å². The molecule has 0 spiro atoms. The van der Waals surface area contributed by atoms with Gasteiger partial charge in [0.1, 0.15) is 0 Å². The molecule has 1 aliphatic carbocycles. The number of benzene rings is 1. The minimum absolute atomic E-state index is 0.141. The first-order valence-corrected chi connectivity index (χ1v) is 7.45. The van der Waals surface area contributed by atoms with Crippen LogP contribution in [0.5, 0.6) is 0 Å². The smallest absolute Gasteiger partial charge is 0.166 e. The zero-order chi connectivity index (χ0) is 15.0. The van der Waals surface area contributed by atoms with Gasteiger partial charge >= 0.3 is 0 Å². The monoisotopic (exact) mass is 280 g/mol. The lowest BCUT2D eigenvalue weighted by Gasteiger charge is -2.19. The minimum atomic E-state index is 0.141. The van der Waals surface area contributed by atoms with Gasteiger partial charge in [0.15, 0.2) is 11.6 Å². The molecule has 2 aromatic rings. The largest absolute Gasteiger partial charge is 0.294 e. The number of Topliss-reactive ketones (excluding diaryl/α,β-unsaturated/α-hetero) is 1. The van der Waals surface area contributed by atoms with Crippen LogP contribution in [-0.2, 0) is 11.8 Å². The molecule has 3 heteroatoms. The quantitative estimate of drug-likeness (QED) is 0.794. The van der Waals surface area contributed by atoms with Crippen LogP contribution in [0.15, 0.2) is 30.5 Å². The highest BCUT2D eigenvalue weighted by atomic mass is 16.1. The second-order valence-corrected chi connectivity index (χ2v) is 6.66. The third-order valence-electron chi connectivity index (χ3n) is 3.99. The van der Waals surface area contributed by atoms with Crippen LogP contribution in [0.25, 0.3) is 11.4 Å². The molecule has 0 aliphatic heterocycles. The average Bonchev–Trinajstić information content (AvgIpc) is 2.46. The zero-order valence-electron chi connectivity index (χ0n) is 12.8. The standard InChI is InChI=1S/C18H20N2O/c1-18(2,3)13-9-7-12(8-10-13)17-19-11-14-15(20-17)5-4-6-16(14)21/h7-11H,4-6H2,1-3H3. The van der Waals surface area contributed by atoms with Gasteiger partial charge < -0.3 is 0 Å². The molecule has 3 nitrogen and oxygen atoms in total. The summed E-state index contributed by atoms with van der Waals surface area (Å²) in [7, 11) is 0. The summed E-state index contributed by atoms with van der Waals surface area (Å²) in [5, 5.41) is 0. The number of hydrogen-bond donors (Lipinski definition) is 0. The van der Waals surface area contributed by atoms with Crippen molar-refractivity contribution in [3.05, 3.63) is 47.3 Å². The Morgan fingerprint density at radius 1 is 1.05 bits per heavy atom. The molecule has 0 unspecified atom stereocenters. The van der Waals surface area contributed by atoms with E-state index < -0.39 is 0 Å². The number of ketones is 1. The summed E-state index contributed by atoms with van der Waals surface area (Å²) in [4.78, 5) is 20.8. The summed E-state index contributed by atoms with van der Waals surface area (Å²) in [6, 6.07) is 8.38. The fraction of sp³-hybridized carbons (Fsp3) is 0.389.